The average Bonchev–Trinajstić information content (AvgIpc) is 3.71. The molecule has 0 saturated heterocycles. The van der Waals surface area contributed by atoms with Crippen molar-refractivity contribution in [2.24, 2.45) is 18.5 Å². The number of amides is 6. The average molecular weight is 669 g/mol. The number of fused-ring (bicyclic) bond motifs is 2. The predicted octanol–water partition coefficient (Wildman–Crippen LogP) is 0.810. The van der Waals surface area contributed by atoms with E-state index in [1.165, 1.54) is 6.92 Å². The molecular formula is C35H40N8O6. The zero-order chi connectivity index (χ0) is 35.2. The first-order valence-electron chi connectivity index (χ1n) is 16.1. The number of rotatable bonds is 15. The second-order valence-electron chi connectivity index (χ2n) is 12.0. The molecule has 3 heterocycles. The molecule has 0 spiro atoms. The molecule has 0 fully saturated rings. The summed E-state index contributed by atoms with van der Waals surface area (Å²) in [4.78, 5) is 76.0. The zero-order valence-electron chi connectivity index (χ0n) is 27.4. The molecule has 0 radical (unpaired) electrons. The Kier molecular flexibility index (Phi) is 10.6. The molecule has 14 nitrogen and oxygen atoms in total. The number of para-hydroxylation sites is 2. The number of unbranched alkanes of at least 4 members (excludes halogenated alkanes) is 1. The molecule has 0 bridgehead atoms. The third kappa shape index (κ3) is 7.54. The number of primary amides is 1. The lowest BCUT2D eigenvalue weighted by Crippen LogP contribution is -2.50. The summed E-state index contributed by atoms with van der Waals surface area (Å²) >= 11 is 0. The SMILES string of the molecule is C[C@H](NC(=O)CCn1cc(C2=C(c3cn(C)c4ccccc34)C(=O)NC2=O)c2ccccc21)C(=O)NCC(=O)N[C@@H](CCCCN)C(N)=O. The lowest BCUT2D eigenvalue weighted by Gasteiger charge is -2.17. The zero-order valence-corrected chi connectivity index (χ0v) is 27.4. The van der Waals surface area contributed by atoms with Gasteiger partial charge in [0, 0.05) is 65.3 Å². The minimum absolute atomic E-state index is 0.000331. The first-order chi connectivity index (χ1) is 23.5. The van der Waals surface area contributed by atoms with Crippen LogP contribution >= 0.6 is 0 Å². The van der Waals surface area contributed by atoms with E-state index in [-0.39, 0.29) is 24.1 Å². The normalized spacial score (nSPS) is 14.2. The summed E-state index contributed by atoms with van der Waals surface area (Å²) < 4.78 is 3.75. The van der Waals surface area contributed by atoms with Gasteiger partial charge in [0.25, 0.3) is 11.8 Å². The molecule has 14 heteroatoms. The lowest BCUT2D eigenvalue weighted by atomic mass is 9.95. The number of hydrogen-bond acceptors (Lipinski definition) is 7. The highest BCUT2D eigenvalue weighted by molar-refractivity contribution is 6.50. The third-order valence-electron chi connectivity index (χ3n) is 8.55. The molecule has 8 N–H and O–H groups in total. The predicted molar refractivity (Wildman–Crippen MR) is 184 cm³/mol. The first kappa shape index (κ1) is 34.6. The van der Waals surface area contributed by atoms with Crippen LogP contribution in [-0.2, 0) is 42.4 Å². The van der Waals surface area contributed by atoms with E-state index in [1.807, 2.05) is 70.9 Å². The smallest absolute Gasteiger partial charge is 0.259 e. The van der Waals surface area contributed by atoms with Crippen LogP contribution in [0.4, 0.5) is 0 Å². The minimum Gasteiger partial charge on any atom is -0.368 e. The molecular weight excluding hydrogens is 628 g/mol. The highest BCUT2D eigenvalue weighted by atomic mass is 16.2. The fraction of sp³-hybridized carbons (Fsp3) is 0.314. The number of carbonyl (C=O) groups is 6. The molecule has 6 amide bonds. The van der Waals surface area contributed by atoms with E-state index >= 15 is 0 Å². The van der Waals surface area contributed by atoms with Crippen LogP contribution in [0.1, 0.15) is 43.7 Å². The summed E-state index contributed by atoms with van der Waals surface area (Å²) in [5.41, 5.74) is 14.3. The number of carbonyl (C=O) groups excluding carboxylic acids is 6. The molecule has 1 aliphatic heterocycles. The molecule has 0 unspecified atom stereocenters. The van der Waals surface area contributed by atoms with Gasteiger partial charge in [-0.05, 0) is 44.9 Å². The largest absolute Gasteiger partial charge is 0.368 e. The third-order valence-corrected chi connectivity index (χ3v) is 8.55. The van der Waals surface area contributed by atoms with Gasteiger partial charge in [-0.1, -0.05) is 36.4 Å². The van der Waals surface area contributed by atoms with Gasteiger partial charge < -0.3 is 36.6 Å². The second-order valence-corrected chi connectivity index (χ2v) is 12.0. The van der Waals surface area contributed by atoms with E-state index < -0.39 is 54.1 Å². The van der Waals surface area contributed by atoms with Gasteiger partial charge in [-0.2, -0.15) is 0 Å². The van der Waals surface area contributed by atoms with Crippen LogP contribution in [0.5, 0.6) is 0 Å². The van der Waals surface area contributed by atoms with Gasteiger partial charge in [0.2, 0.25) is 23.6 Å². The Labute approximate surface area is 282 Å². The van der Waals surface area contributed by atoms with Crippen LogP contribution in [0, 0.1) is 0 Å². The number of aromatic nitrogens is 2. The maximum absolute atomic E-state index is 13.3. The molecule has 0 saturated carbocycles. The number of nitrogens with two attached hydrogens (primary N) is 2. The van der Waals surface area contributed by atoms with Crippen molar-refractivity contribution in [2.75, 3.05) is 13.1 Å². The molecule has 256 valence electrons. The van der Waals surface area contributed by atoms with E-state index in [0.717, 1.165) is 21.8 Å². The van der Waals surface area contributed by atoms with E-state index in [0.29, 0.717) is 36.9 Å². The summed E-state index contributed by atoms with van der Waals surface area (Å²) in [6.45, 7) is 1.76. The van der Waals surface area contributed by atoms with E-state index in [1.54, 1.807) is 6.20 Å². The Morgan fingerprint density at radius 1 is 0.837 bits per heavy atom. The summed E-state index contributed by atoms with van der Waals surface area (Å²) in [7, 11) is 1.88. The van der Waals surface area contributed by atoms with Gasteiger partial charge in [-0.25, -0.2) is 0 Å². The summed E-state index contributed by atoms with van der Waals surface area (Å²) in [5, 5.41) is 11.6. The molecule has 2 aromatic carbocycles. The molecule has 2 aromatic heterocycles. The maximum Gasteiger partial charge on any atom is 0.259 e. The number of hydrogen-bond donors (Lipinski definition) is 6. The summed E-state index contributed by atoms with van der Waals surface area (Å²) in [6, 6.07) is 13.2. The van der Waals surface area contributed by atoms with Crippen LogP contribution in [0.2, 0.25) is 0 Å². The molecule has 49 heavy (non-hydrogen) atoms. The lowest BCUT2D eigenvalue weighted by molar-refractivity contribution is -0.131. The standard InChI is InChI=1S/C35H40N8O6/c1-20(33(47)38-17-29(45)40-25(32(37)46)11-7-8-15-36)39-28(44)14-16-43-19-24(22-10-4-6-13-27(22)43)31-30(34(48)41-35(31)49)23-18-42(2)26-12-5-3-9-21(23)26/h3-6,9-10,12-13,18-20,25H,7-8,11,14-17,36H2,1-2H3,(H2,37,46)(H,38,47)(H,39,44)(H,40,45)(H,41,48,49)/t20-,25-/m0/s1. The Morgan fingerprint density at radius 3 is 2.10 bits per heavy atom. The van der Waals surface area contributed by atoms with E-state index in [4.69, 9.17) is 11.5 Å². The van der Waals surface area contributed by atoms with Crippen molar-refractivity contribution >= 4 is 68.4 Å². The van der Waals surface area contributed by atoms with Crippen molar-refractivity contribution < 1.29 is 28.8 Å². The fourth-order valence-electron chi connectivity index (χ4n) is 6.09. The summed E-state index contributed by atoms with van der Waals surface area (Å²) in [5.74, 6) is -3.24. The number of aryl methyl sites for hydroxylation is 2. The molecule has 4 aromatic rings. The Hall–Kier alpha value is -5.76. The van der Waals surface area contributed by atoms with Crippen molar-refractivity contribution in [2.45, 2.75) is 51.2 Å². The molecule has 1 aliphatic rings. The van der Waals surface area contributed by atoms with Crippen molar-refractivity contribution in [3.8, 4) is 0 Å². The van der Waals surface area contributed by atoms with Crippen molar-refractivity contribution in [1.29, 1.82) is 0 Å². The van der Waals surface area contributed by atoms with Gasteiger partial charge in [0.1, 0.15) is 12.1 Å². The van der Waals surface area contributed by atoms with Crippen LogP contribution in [-0.4, -0.2) is 69.8 Å². The number of nitrogens with one attached hydrogen (secondary N) is 4. The molecule has 5 rings (SSSR count). The molecule has 0 aliphatic carbocycles. The highest BCUT2D eigenvalue weighted by Crippen LogP contribution is 2.38. The summed E-state index contributed by atoms with van der Waals surface area (Å²) in [6.07, 6.45) is 5.23. The van der Waals surface area contributed by atoms with E-state index in [9.17, 15) is 28.8 Å². The van der Waals surface area contributed by atoms with Crippen LogP contribution in [0.25, 0.3) is 33.0 Å². The maximum atomic E-state index is 13.3. The van der Waals surface area contributed by atoms with Gasteiger partial charge >= 0.3 is 0 Å². The van der Waals surface area contributed by atoms with E-state index in [2.05, 4.69) is 21.3 Å². The van der Waals surface area contributed by atoms with Crippen molar-refractivity contribution in [3.05, 3.63) is 72.1 Å². The monoisotopic (exact) mass is 668 g/mol. The van der Waals surface area contributed by atoms with Gasteiger partial charge in [0.05, 0.1) is 17.7 Å². The minimum atomic E-state index is -0.949. The second kappa shape index (κ2) is 15.0. The number of imide groups is 1. The number of benzene rings is 2. The molecule has 2 atom stereocenters. The first-order valence-corrected chi connectivity index (χ1v) is 16.1. The van der Waals surface area contributed by atoms with Crippen molar-refractivity contribution in [3.63, 3.8) is 0 Å². The fourth-order valence-corrected chi connectivity index (χ4v) is 6.09. The van der Waals surface area contributed by atoms with Crippen LogP contribution in [0.3, 0.4) is 0 Å². The van der Waals surface area contributed by atoms with Gasteiger partial charge in [-0.3, -0.25) is 34.1 Å². The Morgan fingerprint density at radius 2 is 1.45 bits per heavy atom. The van der Waals surface area contributed by atoms with Gasteiger partial charge in [0.15, 0.2) is 0 Å². The quantitative estimate of drug-likeness (QED) is 0.0792. The van der Waals surface area contributed by atoms with Crippen LogP contribution in [0.15, 0.2) is 60.9 Å². The topological polar surface area (TPSA) is 212 Å². The Balaban J connectivity index is 1.26. The highest BCUT2D eigenvalue weighted by Gasteiger charge is 2.35. The van der Waals surface area contributed by atoms with Gasteiger partial charge in [-0.15, -0.1) is 0 Å². The van der Waals surface area contributed by atoms with Crippen molar-refractivity contribution in [1.82, 2.24) is 30.4 Å². The van der Waals surface area contributed by atoms with Crippen LogP contribution < -0.4 is 32.7 Å². The number of nitrogens with zero attached hydrogens (tertiary/aromatic N) is 2. The Bertz CT molecular complexity index is 1990.